The number of hydrogen-bond donors (Lipinski definition) is 6. The van der Waals surface area contributed by atoms with E-state index in [0.29, 0.717) is 10.5 Å². The average Bonchev–Trinajstić information content (AvgIpc) is 3.45. The van der Waals surface area contributed by atoms with Crippen LogP contribution in [0.1, 0.15) is 51.4 Å². The summed E-state index contributed by atoms with van der Waals surface area (Å²) in [6, 6.07) is 0.880. The van der Waals surface area contributed by atoms with Gasteiger partial charge in [0.2, 0.25) is 0 Å². The third-order valence-electron chi connectivity index (χ3n) is 6.13. The molecule has 0 aromatic heterocycles. The quantitative estimate of drug-likeness (QED) is 0.200. The van der Waals surface area contributed by atoms with Crippen LogP contribution in [0.5, 0.6) is 0 Å². The molecule has 6 N–H and O–H groups in total. The highest BCUT2D eigenvalue weighted by Crippen LogP contribution is 2.34. The first-order valence-corrected chi connectivity index (χ1v) is 13.2. The molecule has 6 unspecified atom stereocenters. The molecule has 0 aromatic rings. The smallest absolute Gasteiger partial charge is 0.315 e. The lowest BCUT2D eigenvalue weighted by atomic mass is 10.0. The van der Waals surface area contributed by atoms with Crippen LogP contribution >= 0.6 is 23.5 Å². The predicted octanol–water partition coefficient (Wildman–Crippen LogP) is 1.59. The van der Waals surface area contributed by atoms with Crippen molar-refractivity contribution in [2.24, 2.45) is 0 Å². The second-order valence-corrected chi connectivity index (χ2v) is 11.1. The Morgan fingerprint density at radius 3 is 1.50 bits per heavy atom. The van der Waals surface area contributed by atoms with Gasteiger partial charge >= 0.3 is 24.0 Å². The van der Waals surface area contributed by atoms with Crippen LogP contribution in [0.25, 0.3) is 0 Å². The minimum Gasteiger partial charge on any atom is -0.481 e. The molecule has 12 heteroatoms. The van der Waals surface area contributed by atoms with E-state index in [1.807, 2.05) is 23.5 Å². The number of unbranched alkanes of at least 4 members (excludes halogenated alkanes) is 2. The van der Waals surface area contributed by atoms with Gasteiger partial charge < -0.3 is 31.5 Å². The van der Waals surface area contributed by atoms with Gasteiger partial charge in [-0.1, -0.05) is 12.8 Å². The van der Waals surface area contributed by atoms with Crippen molar-refractivity contribution in [3.63, 3.8) is 0 Å². The molecule has 0 aromatic carbocycles. The number of nitrogens with one attached hydrogen (secondary N) is 4. The Bertz CT molecular complexity index is 654. The summed E-state index contributed by atoms with van der Waals surface area (Å²) < 4.78 is 0. The van der Waals surface area contributed by atoms with E-state index in [2.05, 4.69) is 21.3 Å². The monoisotopic (exact) mass is 488 g/mol. The summed E-state index contributed by atoms with van der Waals surface area (Å²) in [6.07, 6.45) is 5.76. The molecular weight excluding hydrogens is 456 g/mol. The first-order valence-electron chi connectivity index (χ1n) is 11.1. The van der Waals surface area contributed by atoms with E-state index in [0.717, 1.165) is 50.0 Å². The van der Waals surface area contributed by atoms with Gasteiger partial charge in [-0.15, -0.1) is 0 Å². The van der Waals surface area contributed by atoms with Crippen LogP contribution in [0.2, 0.25) is 0 Å². The SMILES string of the molecule is O=C(O)CCCCC1SCC2NC(=O)NC21.O=C(O)CCCCC1SCC2NC(=O)NC21. The number of rotatable bonds is 10. The Morgan fingerprint density at radius 1 is 0.719 bits per heavy atom. The van der Waals surface area contributed by atoms with E-state index in [4.69, 9.17) is 10.2 Å². The van der Waals surface area contributed by atoms with E-state index in [1.165, 1.54) is 0 Å². The van der Waals surface area contributed by atoms with Crippen LogP contribution in [0.3, 0.4) is 0 Å². The molecule has 10 nitrogen and oxygen atoms in total. The summed E-state index contributed by atoms with van der Waals surface area (Å²) >= 11 is 3.74. The Hall–Kier alpha value is -1.82. The van der Waals surface area contributed by atoms with Gasteiger partial charge in [-0.3, -0.25) is 9.59 Å². The largest absolute Gasteiger partial charge is 0.481 e. The van der Waals surface area contributed by atoms with Crippen LogP contribution in [0, 0.1) is 0 Å². The van der Waals surface area contributed by atoms with E-state index >= 15 is 0 Å². The molecule has 32 heavy (non-hydrogen) atoms. The van der Waals surface area contributed by atoms with Crippen molar-refractivity contribution < 1.29 is 29.4 Å². The molecular formula is C20H32N4O6S2. The second-order valence-electron chi connectivity index (χ2n) is 8.52. The topological polar surface area (TPSA) is 157 Å². The fourth-order valence-corrected chi connectivity index (χ4v) is 7.62. The maximum Gasteiger partial charge on any atom is 0.315 e. The van der Waals surface area contributed by atoms with Gasteiger partial charge in [0.15, 0.2) is 0 Å². The van der Waals surface area contributed by atoms with Crippen LogP contribution in [-0.4, -0.2) is 80.4 Å². The van der Waals surface area contributed by atoms with Gasteiger partial charge in [-0.25, -0.2) is 9.59 Å². The van der Waals surface area contributed by atoms with Crippen molar-refractivity contribution in [3.8, 4) is 0 Å². The molecule has 4 rings (SSSR count). The number of hydrogen-bond acceptors (Lipinski definition) is 6. The highest BCUT2D eigenvalue weighted by atomic mass is 32.2. The number of fused-ring (bicyclic) bond motifs is 2. The van der Waals surface area contributed by atoms with Crippen molar-refractivity contribution in [1.82, 2.24) is 21.3 Å². The summed E-state index contributed by atoms with van der Waals surface area (Å²) in [7, 11) is 0. The molecule has 6 atom stereocenters. The van der Waals surface area contributed by atoms with E-state index in [9.17, 15) is 19.2 Å². The zero-order chi connectivity index (χ0) is 23.1. The minimum absolute atomic E-state index is 0.0640. The third-order valence-corrected chi connectivity index (χ3v) is 9.15. The Labute approximate surface area is 195 Å². The first-order chi connectivity index (χ1) is 15.3. The summed E-state index contributed by atoms with van der Waals surface area (Å²) in [5.74, 6) is 0.473. The molecule has 0 saturated carbocycles. The Kier molecular flexibility index (Phi) is 9.21. The minimum atomic E-state index is -0.729. The molecule has 0 radical (unpaired) electrons. The van der Waals surface area contributed by atoms with E-state index in [-0.39, 0.29) is 49.1 Å². The second kappa shape index (κ2) is 11.9. The van der Waals surface area contributed by atoms with Gasteiger partial charge in [-0.2, -0.15) is 23.5 Å². The molecule has 0 bridgehead atoms. The third kappa shape index (κ3) is 7.09. The number of aliphatic carboxylic acids is 2. The van der Waals surface area contributed by atoms with Gasteiger partial charge in [0.25, 0.3) is 0 Å². The fourth-order valence-electron chi connectivity index (χ4n) is 4.53. The normalized spacial score (nSPS) is 32.0. The number of carbonyl (C=O) groups is 4. The number of carbonyl (C=O) groups excluding carboxylic acids is 2. The van der Waals surface area contributed by atoms with Crippen LogP contribution in [0.15, 0.2) is 0 Å². The van der Waals surface area contributed by atoms with E-state index < -0.39 is 11.9 Å². The number of carboxylic acid groups (broad SMARTS) is 2. The molecule has 0 aliphatic carbocycles. The highest BCUT2D eigenvalue weighted by molar-refractivity contribution is 8.00. The zero-order valence-corrected chi connectivity index (χ0v) is 19.5. The average molecular weight is 489 g/mol. The lowest BCUT2D eigenvalue weighted by molar-refractivity contribution is -0.138. The van der Waals surface area contributed by atoms with Crippen molar-refractivity contribution in [2.45, 2.75) is 86.0 Å². The molecule has 4 saturated heterocycles. The standard InChI is InChI=1S/2C10H16N2O3S/c2*13-8(14)4-2-1-3-7-9-6(5-16-7)11-10(15)12-9/h2*6-7,9H,1-5H2,(H,13,14)(H2,11,12,15). The van der Waals surface area contributed by atoms with Crippen molar-refractivity contribution >= 4 is 47.5 Å². The predicted molar refractivity (Wildman–Crippen MR) is 123 cm³/mol. The van der Waals surface area contributed by atoms with Gasteiger partial charge in [0.1, 0.15) is 0 Å². The van der Waals surface area contributed by atoms with Crippen molar-refractivity contribution in [3.05, 3.63) is 0 Å². The maximum absolute atomic E-state index is 11.1. The lowest BCUT2D eigenvalue weighted by Crippen LogP contribution is -2.36. The summed E-state index contributed by atoms with van der Waals surface area (Å²) in [5, 5.41) is 29.6. The lowest BCUT2D eigenvalue weighted by Gasteiger charge is -2.16. The van der Waals surface area contributed by atoms with E-state index in [1.54, 1.807) is 0 Å². The maximum atomic E-state index is 11.1. The molecule has 4 heterocycles. The first kappa shape index (κ1) is 24.8. The van der Waals surface area contributed by atoms with Crippen molar-refractivity contribution in [2.75, 3.05) is 11.5 Å². The summed E-state index contributed by atoms with van der Waals surface area (Å²) in [4.78, 5) is 42.9. The van der Waals surface area contributed by atoms with Crippen LogP contribution in [-0.2, 0) is 9.59 Å². The molecule has 180 valence electrons. The number of urea groups is 2. The summed E-state index contributed by atoms with van der Waals surface area (Å²) in [5.41, 5.74) is 0. The van der Waals surface area contributed by atoms with Gasteiger partial charge in [0.05, 0.1) is 24.2 Å². The Morgan fingerprint density at radius 2 is 1.12 bits per heavy atom. The molecule has 4 fully saturated rings. The van der Waals surface area contributed by atoms with Crippen molar-refractivity contribution in [1.29, 1.82) is 0 Å². The fraction of sp³-hybridized carbons (Fsp3) is 0.800. The molecule has 4 amide bonds. The Balaban J connectivity index is 0.000000181. The number of amides is 4. The zero-order valence-electron chi connectivity index (χ0n) is 17.9. The van der Waals surface area contributed by atoms with Crippen LogP contribution in [0.4, 0.5) is 9.59 Å². The van der Waals surface area contributed by atoms with Crippen LogP contribution < -0.4 is 21.3 Å². The number of carboxylic acids is 2. The molecule has 0 spiro atoms. The number of thioether (sulfide) groups is 2. The summed E-state index contributed by atoms with van der Waals surface area (Å²) in [6.45, 7) is 0. The van der Waals surface area contributed by atoms with Gasteiger partial charge in [-0.05, 0) is 25.7 Å². The molecule has 4 aliphatic rings. The highest BCUT2D eigenvalue weighted by Gasteiger charge is 2.43. The molecule has 4 aliphatic heterocycles. The van der Waals surface area contributed by atoms with Gasteiger partial charge in [0, 0.05) is 34.8 Å².